The summed E-state index contributed by atoms with van der Waals surface area (Å²) in [6.45, 7) is 4.05. The molecule has 4 rings (SSSR count). The Morgan fingerprint density at radius 2 is 2.16 bits per heavy atom. The molecule has 7 heteroatoms. The van der Waals surface area contributed by atoms with E-state index in [1.807, 2.05) is 13.8 Å². The smallest absolute Gasteiger partial charge is 0.302 e. The van der Waals surface area contributed by atoms with E-state index in [1.54, 1.807) is 10.8 Å². The van der Waals surface area contributed by atoms with Gasteiger partial charge in [0.05, 0.1) is 0 Å². The number of fused-ring (bicyclic) bond motifs is 7. The van der Waals surface area contributed by atoms with Crippen molar-refractivity contribution in [1.29, 1.82) is 0 Å². The number of rotatable bonds is 0. The molecule has 0 spiro atoms. The summed E-state index contributed by atoms with van der Waals surface area (Å²) in [6.07, 6.45) is 0.657. The molecule has 7 nitrogen and oxygen atoms in total. The Balaban J connectivity index is 1.79. The van der Waals surface area contributed by atoms with Crippen molar-refractivity contribution in [3.63, 3.8) is 0 Å². The Bertz CT molecular complexity index is 584. The number of ether oxygens (including phenoxy) is 4. The minimum Gasteiger partial charge on any atom is -0.462 e. The summed E-state index contributed by atoms with van der Waals surface area (Å²) in [7, 11) is 0. The minimum absolute atomic E-state index is 0.160. The molecule has 0 amide bonds. The maximum atomic E-state index is 11.3. The summed E-state index contributed by atoms with van der Waals surface area (Å²) in [5.74, 6) is -0.632. The van der Waals surface area contributed by atoms with Gasteiger partial charge < -0.3 is 18.9 Å². The summed E-state index contributed by atoms with van der Waals surface area (Å²) in [6, 6.07) is 1.65. The highest BCUT2D eigenvalue weighted by Crippen LogP contribution is 2.45. The highest BCUT2D eigenvalue weighted by molar-refractivity contribution is 5.08. The third-order valence-corrected chi connectivity index (χ3v) is 3.58. The second-order valence-electron chi connectivity index (χ2n) is 5.40. The lowest BCUT2D eigenvalue weighted by Crippen LogP contribution is -2.35. The molecule has 4 heterocycles. The van der Waals surface area contributed by atoms with Crippen LogP contribution in [0.15, 0.2) is 17.1 Å². The van der Waals surface area contributed by atoms with Gasteiger partial charge in [0.25, 0.3) is 5.56 Å². The van der Waals surface area contributed by atoms with Crippen molar-refractivity contribution in [2.75, 3.05) is 6.61 Å². The summed E-state index contributed by atoms with van der Waals surface area (Å²) in [5.41, 5.74) is -0.329. The molecular formula is C12H14N2O5. The van der Waals surface area contributed by atoms with Gasteiger partial charge in [-0.3, -0.25) is 9.36 Å². The van der Waals surface area contributed by atoms with Crippen LogP contribution in [0.4, 0.5) is 0 Å². The van der Waals surface area contributed by atoms with Crippen molar-refractivity contribution in [2.45, 2.75) is 44.2 Å². The minimum atomic E-state index is -0.632. The lowest BCUT2D eigenvalue weighted by Gasteiger charge is -2.23. The lowest BCUT2D eigenvalue weighted by atomic mass is 10.1. The van der Waals surface area contributed by atoms with Crippen LogP contribution in [0, 0.1) is 0 Å². The topological polar surface area (TPSA) is 71.8 Å². The molecule has 0 aromatic carbocycles. The maximum Gasteiger partial charge on any atom is 0.302 e. The Morgan fingerprint density at radius 3 is 3.00 bits per heavy atom. The Hall–Kier alpha value is -1.44. The van der Waals surface area contributed by atoms with Crippen LogP contribution in [-0.2, 0) is 14.2 Å². The van der Waals surface area contributed by atoms with Crippen LogP contribution < -0.4 is 10.3 Å². The molecule has 0 aliphatic carbocycles. The van der Waals surface area contributed by atoms with Crippen molar-refractivity contribution < 1.29 is 18.9 Å². The molecule has 1 aromatic heterocycles. The van der Waals surface area contributed by atoms with Gasteiger partial charge in [0.1, 0.15) is 24.9 Å². The molecule has 3 aliphatic heterocycles. The van der Waals surface area contributed by atoms with Gasteiger partial charge in [-0.05, 0) is 13.8 Å². The van der Waals surface area contributed by atoms with Gasteiger partial charge in [0.2, 0.25) is 0 Å². The molecule has 0 saturated carbocycles. The average Bonchev–Trinajstić information content (AvgIpc) is 2.73. The van der Waals surface area contributed by atoms with Crippen LogP contribution in [0.25, 0.3) is 0 Å². The summed E-state index contributed by atoms with van der Waals surface area (Å²) >= 11 is 0. The van der Waals surface area contributed by atoms with E-state index in [0.717, 1.165) is 0 Å². The van der Waals surface area contributed by atoms with E-state index in [9.17, 15) is 4.79 Å². The van der Waals surface area contributed by atoms with Crippen molar-refractivity contribution in [3.8, 4) is 6.01 Å². The molecule has 3 aliphatic rings. The Kier molecular flexibility index (Phi) is 2.13. The van der Waals surface area contributed by atoms with Gasteiger partial charge in [-0.25, -0.2) is 0 Å². The van der Waals surface area contributed by atoms with Gasteiger partial charge in [0, 0.05) is 12.3 Å². The Labute approximate surface area is 109 Å². The molecule has 1 aromatic rings. The van der Waals surface area contributed by atoms with Gasteiger partial charge in [-0.1, -0.05) is 0 Å². The SMILES string of the molecule is CC1(C)O[C@@H]2[C@H](O1)[C@@H]1O[C@@H]2COc2nc(=O)ccn21. The number of aromatic nitrogens is 2. The monoisotopic (exact) mass is 266 g/mol. The average molecular weight is 266 g/mol. The zero-order chi connectivity index (χ0) is 13.2. The van der Waals surface area contributed by atoms with Crippen LogP contribution in [0.3, 0.4) is 0 Å². The fourth-order valence-electron chi connectivity index (χ4n) is 2.87. The van der Waals surface area contributed by atoms with Crippen LogP contribution in [0.2, 0.25) is 0 Å². The Morgan fingerprint density at radius 1 is 1.37 bits per heavy atom. The first-order valence-corrected chi connectivity index (χ1v) is 6.27. The van der Waals surface area contributed by atoms with E-state index >= 15 is 0 Å². The van der Waals surface area contributed by atoms with Gasteiger partial charge in [0.15, 0.2) is 12.0 Å². The van der Waals surface area contributed by atoms with Crippen LogP contribution in [0.5, 0.6) is 6.01 Å². The van der Waals surface area contributed by atoms with Crippen molar-refractivity contribution >= 4 is 0 Å². The first-order chi connectivity index (χ1) is 9.03. The first-order valence-electron chi connectivity index (χ1n) is 6.27. The van der Waals surface area contributed by atoms with Crippen LogP contribution in [0.1, 0.15) is 20.1 Å². The second kappa shape index (κ2) is 3.56. The molecule has 4 atom stereocenters. The number of hydrogen-bond acceptors (Lipinski definition) is 6. The predicted molar refractivity (Wildman–Crippen MR) is 61.7 cm³/mol. The van der Waals surface area contributed by atoms with Gasteiger partial charge in [-0.15, -0.1) is 0 Å². The van der Waals surface area contributed by atoms with E-state index in [4.69, 9.17) is 18.9 Å². The normalized spacial score (nSPS) is 38.2. The standard InChI is InChI=1S/C12H14N2O5/c1-12(2)18-8-6-5-16-11-13-7(15)3-4-14(11)10(17-6)9(8)19-12/h3-4,6,8-10H,5H2,1-2H3/t6-,8+,9+,10+/m1/s1. The molecular weight excluding hydrogens is 252 g/mol. The molecule has 0 radical (unpaired) electrons. The van der Waals surface area contributed by atoms with Crippen LogP contribution in [-0.4, -0.2) is 40.3 Å². The summed E-state index contributed by atoms with van der Waals surface area (Å²) in [5, 5.41) is 0. The molecule has 2 bridgehead atoms. The number of nitrogens with zero attached hydrogens (tertiary/aromatic N) is 2. The highest BCUT2D eigenvalue weighted by Gasteiger charge is 2.57. The highest BCUT2D eigenvalue weighted by atomic mass is 16.8. The molecule has 0 unspecified atom stereocenters. The van der Waals surface area contributed by atoms with E-state index < -0.39 is 5.79 Å². The van der Waals surface area contributed by atoms with Crippen molar-refractivity contribution in [3.05, 3.63) is 22.6 Å². The van der Waals surface area contributed by atoms with Crippen molar-refractivity contribution in [1.82, 2.24) is 9.55 Å². The quantitative estimate of drug-likeness (QED) is 0.661. The van der Waals surface area contributed by atoms with Gasteiger partial charge >= 0.3 is 6.01 Å². The fourth-order valence-corrected chi connectivity index (χ4v) is 2.87. The maximum absolute atomic E-state index is 11.3. The third kappa shape index (κ3) is 1.62. The fraction of sp³-hybridized carbons (Fsp3) is 0.667. The zero-order valence-electron chi connectivity index (χ0n) is 10.6. The third-order valence-electron chi connectivity index (χ3n) is 3.58. The lowest BCUT2D eigenvalue weighted by molar-refractivity contribution is -0.195. The van der Waals surface area contributed by atoms with Gasteiger partial charge in [-0.2, -0.15) is 4.98 Å². The summed E-state index contributed by atoms with van der Waals surface area (Å²) < 4.78 is 24.9. The molecule has 2 fully saturated rings. The largest absolute Gasteiger partial charge is 0.462 e. The molecule has 19 heavy (non-hydrogen) atoms. The second-order valence-corrected chi connectivity index (χ2v) is 5.40. The van der Waals surface area contributed by atoms with Crippen molar-refractivity contribution in [2.24, 2.45) is 0 Å². The zero-order valence-corrected chi connectivity index (χ0v) is 10.6. The molecule has 0 N–H and O–H groups in total. The summed E-state index contributed by atoms with van der Waals surface area (Å²) in [4.78, 5) is 15.1. The first kappa shape index (κ1) is 11.4. The van der Waals surface area contributed by atoms with Crippen LogP contribution >= 0.6 is 0 Å². The molecule has 2 saturated heterocycles. The number of hydrogen-bond donors (Lipinski definition) is 0. The molecule has 102 valence electrons. The van der Waals surface area contributed by atoms with E-state index in [-0.39, 0.29) is 36.1 Å². The van der Waals surface area contributed by atoms with E-state index in [2.05, 4.69) is 4.98 Å². The van der Waals surface area contributed by atoms with E-state index in [0.29, 0.717) is 6.61 Å². The van der Waals surface area contributed by atoms with E-state index in [1.165, 1.54) is 6.07 Å². The predicted octanol–water partition coefficient (Wildman–Crippen LogP) is 0.0532.